The highest BCUT2D eigenvalue weighted by atomic mass is 32.2. The van der Waals surface area contributed by atoms with E-state index in [-0.39, 0.29) is 17.7 Å². The second-order valence-corrected chi connectivity index (χ2v) is 8.92. The van der Waals surface area contributed by atoms with Gasteiger partial charge in [-0.2, -0.15) is 0 Å². The molecule has 6 nitrogen and oxygen atoms in total. The van der Waals surface area contributed by atoms with Crippen molar-refractivity contribution >= 4 is 28.7 Å². The summed E-state index contributed by atoms with van der Waals surface area (Å²) in [6.07, 6.45) is 7.06. The predicted octanol–water partition coefficient (Wildman–Crippen LogP) is 4.12. The zero-order valence-electron chi connectivity index (χ0n) is 17.2. The summed E-state index contributed by atoms with van der Waals surface area (Å²) >= 11 is 1.54. The van der Waals surface area contributed by atoms with Crippen LogP contribution in [0.25, 0.3) is 11.0 Å². The average Bonchev–Trinajstić information content (AvgIpc) is 3.33. The smallest absolute Gasteiger partial charge is 0.230 e. The van der Waals surface area contributed by atoms with E-state index in [1.165, 1.54) is 24.6 Å². The molecule has 0 atom stereocenters. The third-order valence-electron chi connectivity index (χ3n) is 5.86. The molecule has 158 valence electrons. The van der Waals surface area contributed by atoms with Crippen LogP contribution in [0.2, 0.25) is 0 Å². The molecule has 1 amide bonds. The van der Waals surface area contributed by atoms with E-state index in [0.717, 1.165) is 54.8 Å². The van der Waals surface area contributed by atoms with Gasteiger partial charge in [-0.25, -0.2) is 4.98 Å². The number of imidazole rings is 1. The second-order valence-electron chi connectivity index (χ2n) is 7.98. The number of nitrogens with one attached hydrogen (secondary N) is 1. The fraction of sp³-hybridized carbons (Fsp3) is 0.636. The van der Waals surface area contributed by atoms with Crippen LogP contribution < -0.4 is 5.32 Å². The van der Waals surface area contributed by atoms with E-state index in [1.54, 1.807) is 0 Å². The van der Waals surface area contributed by atoms with Gasteiger partial charge in [0.25, 0.3) is 0 Å². The van der Waals surface area contributed by atoms with Crippen LogP contribution >= 0.6 is 11.8 Å². The summed E-state index contributed by atoms with van der Waals surface area (Å²) in [5.41, 5.74) is 2.15. The molecule has 1 aromatic carbocycles. The predicted molar refractivity (Wildman–Crippen MR) is 115 cm³/mol. The first-order valence-corrected chi connectivity index (χ1v) is 11.8. The molecule has 1 N–H and O–H groups in total. The Bertz CT molecular complexity index is 822. The standard InChI is InChI=1S/C22H31N3O3S/c1-2-3-6-13-25-19-8-5-4-7-18(19)24-21(25)29-16-20(26)23-17-9-11-22(12-10-17)27-14-15-28-22/h4-5,7-8,17H,2-3,6,9-16H2,1H3,(H,23,26). The summed E-state index contributed by atoms with van der Waals surface area (Å²) in [7, 11) is 0. The van der Waals surface area contributed by atoms with E-state index in [9.17, 15) is 4.79 Å². The number of aryl methyl sites for hydroxylation is 1. The van der Waals surface area contributed by atoms with Crippen LogP contribution in [-0.4, -0.2) is 46.3 Å². The van der Waals surface area contributed by atoms with Crippen molar-refractivity contribution in [3.63, 3.8) is 0 Å². The number of para-hydroxylation sites is 2. The molecule has 1 aliphatic carbocycles. The van der Waals surface area contributed by atoms with Crippen molar-refractivity contribution in [3.05, 3.63) is 24.3 Å². The number of nitrogens with zero attached hydrogens (tertiary/aromatic N) is 2. The largest absolute Gasteiger partial charge is 0.353 e. The Morgan fingerprint density at radius 3 is 2.76 bits per heavy atom. The van der Waals surface area contributed by atoms with Crippen molar-refractivity contribution in [2.75, 3.05) is 19.0 Å². The molecule has 0 bridgehead atoms. The minimum absolute atomic E-state index is 0.0800. The summed E-state index contributed by atoms with van der Waals surface area (Å²) in [5.74, 6) is 0.0989. The average molecular weight is 418 g/mol. The lowest BCUT2D eigenvalue weighted by Gasteiger charge is -2.35. The summed E-state index contributed by atoms with van der Waals surface area (Å²) in [5, 5.41) is 4.13. The van der Waals surface area contributed by atoms with E-state index in [2.05, 4.69) is 28.9 Å². The topological polar surface area (TPSA) is 65.4 Å². The van der Waals surface area contributed by atoms with Crippen LogP contribution in [0.3, 0.4) is 0 Å². The summed E-state index contributed by atoms with van der Waals surface area (Å²) in [6.45, 7) is 4.53. The Morgan fingerprint density at radius 1 is 1.24 bits per heavy atom. The van der Waals surface area contributed by atoms with Gasteiger partial charge in [0.1, 0.15) is 0 Å². The van der Waals surface area contributed by atoms with E-state index < -0.39 is 0 Å². The number of hydrogen-bond donors (Lipinski definition) is 1. The van der Waals surface area contributed by atoms with Gasteiger partial charge in [0, 0.05) is 25.4 Å². The maximum absolute atomic E-state index is 12.6. The number of ether oxygens (including phenoxy) is 2. The van der Waals surface area contributed by atoms with Crippen LogP contribution in [0.15, 0.2) is 29.4 Å². The fourth-order valence-corrected chi connectivity index (χ4v) is 5.14. The number of amides is 1. The highest BCUT2D eigenvalue weighted by Gasteiger charge is 2.40. The molecule has 7 heteroatoms. The summed E-state index contributed by atoms with van der Waals surface area (Å²) in [4.78, 5) is 17.3. The molecule has 2 heterocycles. The van der Waals surface area contributed by atoms with Crippen LogP contribution in [0, 0.1) is 0 Å². The second kappa shape index (κ2) is 9.49. The number of rotatable bonds is 8. The van der Waals surface area contributed by atoms with Gasteiger partial charge in [-0.1, -0.05) is 43.7 Å². The first-order chi connectivity index (χ1) is 14.2. The van der Waals surface area contributed by atoms with Crippen molar-refractivity contribution in [3.8, 4) is 0 Å². The Labute approximate surface area is 176 Å². The lowest BCUT2D eigenvalue weighted by Crippen LogP contribution is -2.44. The van der Waals surface area contributed by atoms with Gasteiger partial charge in [0.2, 0.25) is 5.91 Å². The number of aromatic nitrogens is 2. The minimum atomic E-state index is -0.376. The fourth-order valence-electron chi connectivity index (χ4n) is 4.29. The molecule has 2 aromatic rings. The molecule has 1 aliphatic heterocycles. The summed E-state index contributed by atoms with van der Waals surface area (Å²) < 4.78 is 13.8. The number of carbonyl (C=O) groups excluding carboxylic acids is 1. The SMILES string of the molecule is CCCCCn1c(SCC(=O)NC2CCC3(CC2)OCCO3)nc2ccccc21. The minimum Gasteiger partial charge on any atom is -0.353 e. The van der Waals surface area contributed by atoms with Crippen LogP contribution in [0.1, 0.15) is 51.9 Å². The molecule has 0 unspecified atom stereocenters. The lowest BCUT2D eigenvalue weighted by atomic mass is 9.90. The summed E-state index contributed by atoms with van der Waals surface area (Å²) in [6, 6.07) is 8.43. The molecule has 1 aromatic heterocycles. The molecule has 2 aliphatic rings. The Hall–Kier alpha value is -1.57. The van der Waals surface area contributed by atoms with E-state index in [1.807, 2.05) is 12.1 Å². The number of hydrogen-bond acceptors (Lipinski definition) is 5. The van der Waals surface area contributed by atoms with Gasteiger partial charge in [-0.05, 0) is 31.4 Å². The molecule has 2 fully saturated rings. The number of thioether (sulfide) groups is 1. The van der Waals surface area contributed by atoms with Gasteiger partial charge in [0.15, 0.2) is 10.9 Å². The van der Waals surface area contributed by atoms with Gasteiger partial charge < -0.3 is 19.4 Å². The first kappa shape index (κ1) is 20.7. The zero-order valence-corrected chi connectivity index (χ0v) is 18.0. The number of benzene rings is 1. The van der Waals surface area contributed by atoms with Crippen LogP contribution in [-0.2, 0) is 20.8 Å². The molecule has 1 spiro atoms. The highest BCUT2D eigenvalue weighted by molar-refractivity contribution is 7.99. The lowest BCUT2D eigenvalue weighted by molar-refractivity contribution is -0.179. The third kappa shape index (κ3) is 4.95. The van der Waals surface area contributed by atoms with Crippen molar-refractivity contribution in [2.45, 2.75) is 75.4 Å². The Morgan fingerprint density at radius 2 is 2.00 bits per heavy atom. The molecule has 0 radical (unpaired) electrons. The van der Waals surface area contributed by atoms with Gasteiger partial charge in [-0.15, -0.1) is 0 Å². The van der Waals surface area contributed by atoms with Crippen molar-refractivity contribution in [2.24, 2.45) is 0 Å². The Kier molecular flexibility index (Phi) is 6.77. The Balaban J connectivity index is 1.32. The van der Waals surface area contributed by atoms with Crippen molar-refractivity contribution in [1.29, 1.82) is 0 Å². The van der Waals surface area contributed by atoms with Crippen molar-refractivity contribution in [1.82, 2.24) is 14.9 Å². The van der Waals surface area contributed by atoms with Crippen LogP contribution in [0.5, 0.6) is 0 Å². The van der Waals surface area contributed by atoms with Crippen molar-refractivity contribution < 1.29 is 14.3 Å². The maximum Gasteiger partial charge on any atom is 0.230 e. The number of unbranched alkanes of at least 4 members (excludes halogenated alkanes) is 2. The third-order valence-corrected chi connectivity index (χ3v) is 6.84. The molecule has 4 rings (SSSR count). The van der Waals surface area contributed by atoms with Gasteiger partial charge >= 0.3 is 0 Å². The van der Waals surface area contributed by atoms with E-state index >= 15 is 0 Å². The monoisotopic (exact) mass is 417 g/mol. The molecule has 1 saturated carbocycles. The highest BCUT2D eigenvalue weighted by Crippen LogP contribution is 2.35. The van der Waals surface area contributed by atoms with E-state index in [0.29, 0.717) is 19.0 Å². The normalized spacial score (nSPS) is 19.2. The zero-order chi connectivity index (χ0) is 20.1. The quantitative estimate of drug-likeness (QED) is 0.517. The van der Waals surface area contributed by atoms with E-state index in [4.69, 9.17) is 14.5 Å². The van der Waals surface area contributed by atoms with Crippen LogP contribution in [0.4, 0.5) is 0 Å². The first-order valence-electron chi connectivity index (χ1n) is 10.8. The van der Waals surface area contributed by atoms with Gasteiger partial charge in [-0.3, -0.25) is 4.79 Å². The molecular weight excluding hydrogens is 386 g/mol. The number of fused-ring (bicyclic) bond motifs is 1. The number of carbonyl (C=O) groups is 1. The van der Waals surface area contributed by atoms with Gasteiger partial charge in [0.05, 0.1) is 30.0 Å². The molecule has 29 heavy (non-hydrogen) atoms. The molecule has 1 saturated heterocycles. The molecular formula is C22H31N3O3S. The maximum atomic E-state index is 12.6.